The number of ether oxygens (including phenoxy) is 2. The Hall–Kier alpha value is -1.75. The van der Waals surface area contributed by atoms with Gasteiger partial charge in [0.25, 0.3) is 0 Å². The molecule has 5 heteroatoms. The topological polar surface area (TPSA) is 73.6 Å². The van der Waals surface area contributed by atoms with E-state index in [-0.39, 0.29) is 12.0 Å². The highest BCUT2D eigenvalue weighted by atomic mass is 16.5. The van der Waals surface area contributed by atoms with Gasteiger partial charge in [-0.25, -0.2) is 0 Å². The van der Waals surface area contributed by atoms with Crippen LogP contribution in [0.4, 0.5) is 0 Å². The molecule has 0 unspecified atom stereocenters. The van der Waals surface area contributed by atoms with Gasteiger partial charge in [-0.2, -0.15) is 0 Å². The van der Waals surface area contributed by atoms with Gasteiger partial charge in [-0.3, -0.25) is 4.79 Å². The van der Waals surface area contributed by atoms with Crippen LogP contribution in [0, 0.1) is 0 Å². The highest BCUT2D eigenvalue weighted by molar-refractivity contribution is 5.81. The molecule has 0 radical (unpaired) electrons. The van der Waals surface area contributed by atoms with Crippen molar-refractivity contribution < 1.29 is 14.3 Å². The number of nitrogens with two attached hydrogens (primary N) is 1. The van der Waals surface area contributed by atoms with Crippen LogP contribution in [0.2, 0.25) is 0 Å². The van der Waals surface area contributed by atoms with E-state index in [1.807, 2.05) is 18.2 Å². The van der Waals surface area contributed by atoms with Crippen molar-refractivity contribution in [3.63, 3.8) is 0 Å². The number of methoxy groups -OCH3 is 1. The van der Waals surface area contributed by atoms with Crippen LogP contribution in [-0.4, -0.2) is 25.2 Å². The first-order valence-electron chi connectivity index (χ1n) is 7.47. The Balaban J connectivity index is 2.12. The SMILES string of the molecule is COc1cccc(CNC(=O)[C@@H](C)N)c1OC1CCCC1. The highest BCUT2D eigenvalue weighted by Gasteiger charge is 2.20. The first-order chi connectivity index (χ1) is 10.1. The number of amides is 1. The van der Waals surface area contributed by atoms with Gasteiger partial charge in [0.2, 0.25) is 5.91 Å². The van der Waals surface area contributed by atoms with Gasteiger partial charge in [0.05, 0.1) is 19.3 Å². The van der Waals surface area contributed by atoms with Crippen LogP contribution in [0.3, 0.4) is 0 Å². The van der Waals surface area contributed by atoms with Crippen molar-refractivity contribution in [2.75, 3.05) is 7.11 Å². The Morgan fingerprint density at radius 1 is 1.43 bits per heavy atom. The summed E-state index contributed by atoms with van der Waals surface area (Å²) < 4.78 is 11.5. The van der Waals surface area contributed by atoms with E-state index in [0.29, 0.717) is 12.3 Å². The molecule has 0 bridgehead atoms. The first kappa shape index (κ1) is 15.6. The minimum atomic E-state index is -0.519. The number of rotatable bonds is 6. The molecule has 1 aromatic rings. The molecule has 116 valence electrons. The summed E-state index contributed by atoms with van der Waals surface area (Å²) >= 11 is 0. The zero-order chi connectivity index (χ0) is 15.2. The minimum absolute atomic E-state index is 0.176. The molecule has 1 aliphatic carbocycles. The lowest BCUT2D eigenvalue weighted by Crippen LogP contribution is -2.37. The van der Waals surface area contributed by atoms with Gasteiger partial charge in [-0.1, -0.05) is 12.1 Å². The molecule has 1 aliphatic rings. The molecule has 1 fully saturated rings. The Morgan fingerprint density at radius 2 is 2.14 bits per heavy atom. The molecule has 1 aromatic carbocycles. The van der Waals surface area contributed by atoms with Crippen molar-refractivity contribution in [3.05, 3.63) is 23.8 Å². The Kier molecular flexibility index (Phi) is 5.44. The lowest BCUT2D eigenvalue weighted by atomic mass is 10.1. The third-order valence-corrected chi connectivity index (χ3v) is 3.73. The average Bonchev–Trinajstić information content (AvgIpc) is 2.98. The van der Waals surface area contributed by atoms with Gasteiger partial charge in [0.15, 0.2) is 11.5 Å². The van der Waals surface area contributed by atoms with Crippen molar-refractivity contribution in [2.24, 2.45) is 5.73 Å². The van der Waals surface area contributed by atoms with Crippen LogP contribution in [0.1, 0.15) is 38.2 Å². The van der Waals surface area contributed by atoms with Crippen molar-refractivity contribution in [3.8, 4) is 11.5 Å². The summed E-state index contributed by atoms with van der Waals surface area (Å²) in [6.45, 7) is 2.05. The fraction of sp³-hybridized carbons (Fsp3) is 0.562. The van der Waals surface area contributed by atoms with E-state index in [1.54, 1.807) is 14.0 Å². The zero-order valence-electron chi connectivity index (χ0n) is 12.7. The summed E-state index contributed by atoms with van der Waals surface area (Å²) in [6, 6.07) is 5.19. The van der Waals surface area contributed by atoms with Crippen LogP contribution in [-0.2, 0) is 11.3 Å². The standard InChI is InChI=1S/C16H24N2O3/c1-11(17)16(19)18-10-12-6-5-9-14(20-2)15(12)21-13-7-3-4-8-13/h5-6,9,11,13H,3-4,7-8,10,17H2,1-2H3,(H,18,19)/t11-/m1/s1. The Morgan fingerprint density at radius 3 is 2.76 bits per heavy atom. The number of carbonyl (C=O) groups is 1. The molecule has 1 amide bonds. The van der Waals surface area contributed by atoms with Gasteiger partial charge in [-0.05, 0) is 38.7 Å². The second-order valence-electron chi connectivity index (χ2n) is 5.48. The predicted octanol–water partition coefficient (Wildman–Crippen LogP) is 1.98. The number of hydrogen-bond acceptors (Lipinski definition) is 4. The molecular weight excluding hydrogens is 268 g/mol. The molecule has 5 nitrogen and oxygen atoms in total. The molecule has 3 N–H and O–H groups in total. The van der Waals surface area contributed by atoms with Crippen LogP contribution in [0.15, 0.2) is 18.2 Å². The summed E-state index contributed by atoms with van der Waals surface area (Å²) in [5.41, 5.74) is 6.47. The normalized spacial score (nSPS) is 16.5. The van der Waals surface area contributed by atoms with E-state index in [4.69, 9.17) is 15.2 Å². The number of hydrogen-bond donors (Lipinski definition) is 2. The molecule has 0 heterocycles. The second-order valence-corrected chi connectivity index (χ2v) is 5.48. The third-order valence-electron chi connectivity index (χ3n) is 3.73. The zero-order valence-corrected chi connectivity index (χ0v) is 12.7. The average molecular weight is 292 g/mol. The molecule has 2 rings (SSSR count). The number of carbonyl (C=O) groups excluding carboxylic acids is 1. The van der Waals surface area contributed by atoms with E-state index < -0.39 is 6.04 Å². The van der Waals surface area contributed by atoms with Gasteiger partial charge < -0.3 is 20.5 Å². The fourth-order valence-corrected chi connectivity index (χ4v) is 2.51. The maximum absolute atomic E-state index is 11.6. The molecule has 0 saturated heterocycles. The third kappa shape index (κ3) is 4.11. The van der Waals surface area contributed by atoms with E-state index >= 15 is 0 Å². The van der Waals surface area contributed by atoms with Crippen LogP contribution < -0.4 is 20.5 Å². The number of benzene rings is 1. The van der Waals surface area contributed by atoms with E-state index in [9.17, 15) is 4.79 Å². The Labute approximate surface area is 125 Å². The maximum Gasteiger partial charge on any atom is 0.236 e. The fourth-order valence-electron chi connectivity index (χ4n) is 2.51. The molecule has 21 heavy (non-hydrogen) atoms. The minimum Gasteiger partial charge on any atom is -0.493 e. The molecular formula is C16H24N2O3. The molecule has 0 aromatic heterocycles. The summed E-state index contributed by atoms with van der Waals surface area (Å²) in [7, 11) is 1.63. The molecule has 0 aliphatic heterocycles. The number of nitrogens with one attached hydrogen (secondary N) is 1. The monoisotopic (exact) mass is 292 g/mol. The Bertz CT molecular complexity index is 482. The predicted molar refractivity (Wildman–Crippen MR) is 81.4 cm³/mol. The van der Waals surface area contributed by atoms with Gasteiger partial charge in [-0.15, -0.1) is 0 Å². The van der Waals surface area contributed by atoms with E-state index in [1.165, 1.54) is 12.8 Å². The van der Waals surface area contributed by atoms with Crippen molar-refractivity contribution in [2.45, 2.75) is 51.3 Å². The van der Waals surface area contributed by atoms with E-state index in [0.717, 1.165) is 24.2 Å². The lowest BCUT2D eigenvalue weighted by Gasteiger charge is -2.19. The van der Waals surface area contributed by atoms with Gasteiger partial charge >= 0.3 is 0 Å². The van der Waals surface area contributed by atoms with Crippen LogP contribution in [0.25, 0.3) is 0 Å². The van der Waals surface area contributed by atoms with Crippen molar-refractivity contribution in [1.29, 1.82) is 0 Å². The summed E-state index contributed by atoms with van der Waals surface area (Å²) in [5.74, 6) is 1.26. The molecule has 0 spiro atoms. The smallest absolute Gasteiger partial charge is 0.236 e. The van der Waals surface area contributed by atoms with Crippen molar-refractivity contribution >= 4 is 5.91 Å². The summed E-state index contributed by atoms with van der Waals surface area (Å²) in [4.78, 5) is 11.6. The second kappa shape index (κ2) is 7.31. The quantitative estimate of drug-likeness (QED) is 0.841. The molecule has 1 saturated carbocycles. The number of para-hydroxylation sites is 1. The highest BCUT2D eigenvalue weighted by Crippen LogP contribution is 2.34. The van der Waals surface area contributed by atoms with Crippen molar-refractivity contribution in [1.82, 2.24) is 5.32 Å². The summed E-state index contributed by atoms with van der Waals surface area (Å²) in [6.07, 6.45) is 4.80. The largest absolute Gasteiger partial charge is 0.493 e. The lowest BCUT2D eigenvalue weighted by molar-refractivity contribution is -0.122. The van der Waals surface area contributed by atoms with Gasteiger partial charge in [0, 0.05) is 12.1 Å². The van der Waals surface area contributed by atoms with Crippen LogP contribution >= 0.6 is 0 Å². The van der Waals surface area contributed by atoms with E-state index in [2.05, 4.69) is 5.32 Å². The molecule has 1 atom stereocenters. The van der Waals surface area contributed by atoms with Gasteiger partial charge in [0.1, 0.15) is 0 Å². The first-order valence-corrected chi connectivity index (χ1v) is 7.47. The van der Waals surface area contributed by atoms with Crippen LogP contribution in [0.5, 0.6) is 11.5 Å². The maximum atomic E-state index is 11.6. The summed E-state index contributed by atoms with van der Waals surface area (Å²) in [5, 5.41) is 2.82.